The van der Waals surface area contributed by atoms with Crippen molar-refractivity contribution < 1.29 is 23.1 Å². The molecule has 0 aliphatic carbocycles. The zero-order chi connectivity index (χ0) is 15.6. The second-order valence-corrected chi connectivity index (χ2v) is 6.90. The van der Waals surface area contributed by atoms with Gasteiger partial charge in [0.25, 0.3) is 0 Å². The molecule has 1 aromatic rings. The van der Waals surface area contributed by atoms with Crippen LogP contribution < -0.4 is 0 Å². The molecule has 1 unspecified atom stereocenters. The average Bonchev–Trinajstić information content (AvgIpc) is 2.47. The molecule has 7 heteroatoms. The maximum absolute atomic E-state index is 12.8. The Hall–Kier alpha value is -1.44. The number of aromatic carboxylic acids is 1. The lowest BCUT2D eigenvalue weighted by atomic mass is 10.1. The van der Waals surface area contributed by atoms with Crippen molar-refractivity contribution in [2.45, 2.75) is 31.2 Å². The minimum absolute atomic E-state index is 0.0273. The van der Waals surface area contributed by atoms with Gasteiger partial charge in [-0.3, -0.25) is 0 Å². The Kier molecular flexibility index (Phi) is 4.65. The largest absolute Gasteiger partial charge is 0.478 e. The first-order valence-electron chi connectivity index (χ1n) is 6.81. The van der Waals surface area contributed by atoms with Gasteiger partial charge in [-0.25, -0.2) is 13.2 Å². The topological polar surface area (TPSA) is 83.9 Å². The normalized spacial score (nSPS) is 20.4. The molecule has 1 fully saturated rings. The van der Waals surface area contributed by atoms with Crippen LogP contribution in [0.25, 0.3) is 0 Å². The molecule has 1 aliphatic rings. The third-order valence-corrected chi connectivity index (χ3v) is 5.76. The highest BCUT2D eigenvalue weighted by Crippen LogP contribution is 2.25. The Morgan fingerprint density at radius 2 is 2.19 bits per heavy atom. The van der Waals surface area contributed by atoms with Gasteiger partial charge in [-0.1, -0.05) is 13.0 Å². The Balaban J connectivity index is 2.47. The van der Waals surface area contributed by atoms with E-state index < -0.39 is 16.0 Å². The van der Waals surface area contributed by atoms with Crippen LogP contribution in [0.3, 0.4) is 0 Å². The van der Waals surface area contributed by atoms with Gasteiger partial charge in [-0.2, -0.15) is 4.31 Å². The van der Waals surface area contributed by atoms with Crippen LogP contribution >= 0.6 is 0 Å². The summed E-state index contributed by atoms with van der Waals surface area (Å²) in [6.07, 6.45) is 0.650. The van der Waals surface area contributed by atoms with Crippen LogP contribution in [0.5, 0.6) is 0 Å². The van der Waals surface area contributed by atoms with Gasteiger partial charge in [0.05, 0.1) is 23.7 Å². The number of morpholine rings is 1. The molecule has 1 aliphatic heterocycles. The van der Waals surface area contributed by atoms with E-state index in [4.69, 9.17) is 9.84 Å². The number of carbonyl (C=O) groups is 1. The first kappa shape index (κ1) is 15.9. The van der Waals surface area contributed by atoms with E-state index in [0.29, 0.717) is 25.2 Å². The predicted molar refractivity (Wildman–Crippen MR) is 76.9 cm³/mol. The Morgan fingerprint density at radius 3 is 2.81 bits per heavy atom. The number of aryl methyl sites for hydroxylation is 1. The minimum Gasteiger partial charge on any atom is -0.478 e. The summed E-state index contributed by atoms with van der Waals surface area (Å²) in [5.41, 5.74) is 0.516. The van der Waals surface area contributed by atoms with Crippen LogP contribution in [0.1, 0.15) is 29.3 Å². The number of rotatable bonds is 4. The molecule has 0 aromatic heterocycles. The van der Waals surface area contributed by atoms with Crippen molar-refractivity contribution in [2.75, 3.05) is 19.8 Å². The zero-order valence-electron chi connectivity index (χ0n) is 12.1. The summed E-state index contributed by atoms with van der Waals surface area (Å²) in [6, 6.07) is 3.96. The minimum atomic E-state index is -3.72. The summed E-state index contributed by atoms with van der Waals surface area (Å²) in [5, 5.41) is 9.05. The van der Waals surface area contributed by atoms with E-state index in [1.807, 2.05) is 6.92 Å². The third-order valence-electron chi connectivity index (χ3n) is 3.67. The van der Waals surface area contributed by atoms with Gasteiger partial charge in [0.1, 0.15) is 0 Å². The van der Waals surface area contributed by atoms with Crippen molar-refractivity contribution in [3.8, 4) is 0 Å². The van der Waals surface area contributed by atoms with Gasteiger partial charge in [-0.15, -0.1) is 0 Å². The van der Waals surface area contributed by atoms with Crippen molar-refractivity contribution in [3.05, 3.63) is 29.3 Å². The molecule has 0 saturated carbocycles. The van der Waals surface area contributed by atoms with Crippen molar-refractivity contribution in [1.82, 2.24) is 4.31 Å². The number of carboxylic acids is 1. The molecule has 0 amide bonds. The fourth-order valence-corrected chi connectivity index (χ4v) is 4.34. The number of benzene rings is 1. The van der Waals surface area contributed by atoms with Crippen LogP contribution in [0.4, 0.5) is 0 Å². The van der Waals surface area contributed by atoms with Gasteiger partial charge in [0.2, 0.25) is 10.0 Å². The molecule has 1 heterocycles. The van der Waals surface area contributed by atoms with Crippen LogP contribution in [0.2, 0.25) is 0 Å². The van der Waals surface area contributed by atoms with Crippen LogP contribution in [-0.4, -0.2) is 49.6 Å². The molecule has 116 valence electrons. The molecular formula is C14H19NO5S. The molecule has 1 atom stereocenters. The molecule has 1 N–H and O–H groups in total. The van der Waals surface area contributed by atoms with E-state index in [9.17, 15) is 13.2 Å². The number of nitrogens with zero attached hydrogens (tertiary/aromatic N) is 1. The molecule has 1 aromatic carbocycles. The van der Waals surface area contributed by atoms with Crippen molar-refractivity contribution in [2.24, 2.45) is 0 Å². The molecule has 0 bridgehead atoms. The number of carboxylic acid groups (broad SMARTS) is 1. The number of hydrogen-bond donors (Lipinski definition) is 1. The van der Waals surface area contributed by atoms with E-state index >= 15 is 0 Å². The van der Waals surface area contributed by atoms with Crippen molar-refractivity contribution in [3.63, 3.8) is 0 Å². The van der Waals surface area contributed by atoms with Crippen molar-refractivity contribution >= 4 is 16.0 Å². The summed E-state index contributed by atoms with van der Waals surface area (Å²) in [5.74, 6) is -1.14. The smallest absolute Gasteiger partial charge is 0.335 e. The van der Waals surface area contributed by atoms with E-state index in [-0.39, 0.29) is 23.0 Å². The van der Waals surface area contributed by atoms with Crippen molar-refractivity contribution in [1.29, 1.82) is 0 Å². The molecule has 2 rings (SSSR count). The maximum Gasteiger partial charge on any atom is 0.335 e. The number of sulfonamides is 1. The molecule has 6 nitrogen and oxygen atoms in total. The van der Waals surface area contributed by atoms with Gasteiger partial charge in [-0.05, 0) is 31.0 Å². The first-order valence-corrected chi connectivity index (χ1v) is 8.25. The van der Waals surface area contributed by atoms with Gasteiger partial charge in [0, 0.05) is 12.6 Å². The standard InChI is InChI=1S/C14H19NO5S/c1-3-12-9-20-7-6-15(12)21(18,19)13-8-11(14(16)17)5-4-10(13)2/h4-5,8,12H,3,6-7,9H2,1-2H3,(H,16,17). The molecule has 1 saturated heterocycles. The Bertz CT molecular complexity index is 641. The van der Waals surface area contributed by atoms with Crippen LogP contribution in [0, 0.1) is 6.92 Å². The Labute approximate surface area is 124 Å². The van der Waals surface area contributed by atoms with Crippen LogP contribution in [-0.2, 0) is 14.8 Å². The molecular weight excluding hydrogens is 294 g/mol. The maximum atomic E-state index is 12.8. The lowest BCUT2D eigenvalue weighted by molar-refractivity contribution is 0.0314. The van der Waals surface area contributed by atoms with E-state index in [2.05, 4.69) is 0 Å². The van der Waals surface area contributed by atoms with Crippen LogP contribution in [0.15, 0.2) is 23.1 Å². The summed E-state index contributed by atoms with van der Waals surface area (Å²) in [6.45, 7) is 4.58. The predicted octanol–water partition coefficient (Wildman–Crippen LogP) is 1.49. The van der Waals surface area contributed by atoms with Gasteiger partial charge < -0.3 is 9.84 Å². The van der Waals surface area contributed by atoms with E-state index in [1.54, 1.807) is 6.92 Å². The molecule has 21 heavy (non-hydrogen) atoms. The number of hydrogen-bond acceptors (Lipinski definition) is 4. The average molecular weight is 313 g/mol. The third kappa shape index (κ3) is 3.09. The van der Waals surface area contributed by atoms with E-state index in [0.717, 1.165) is 0 Å². The highest BCUT2D eigenvalue weighted by molar-refractivity contribution is 7.89. The van der Waals surface area contributed by atoms with Gasteiger partial charge >= 0.3 is 5.97 Å². The van der Waals surface area contributed by atoms with E-state index in [1.165, 1.54) is 22.5 Å². The zero-order valence-corrected chi connectivity index (χ0v) is 12.9. The quantitative estimate of drug-likeness (QED) is 0.910. The molecule has 0 spiro atoms. The molecule has 0 radical (unpaired) electrons. The fourth-order valence-electron chi connectivity index (χ4n) is 2.41. The SMILES string of the molecule is CCC1COCCN1S(=O)(=O)c1cc(C(=O)O)ccc1C. The number of ether oxygens (including phenoxy) is 1. The lowest BCUT2D eigenvalue weighted by Crippen LogP contribution is -2.48. The van der Waals surface area contributed by atoms with Gasteiger partial charge in [0.15, 0.2) is 0 Å². The highest BCUT2D eigenvalue weighted by Gasteiger charge is 2.34. The Morgan fingerprint density at radius 1 is 1.48 bits per heavy atom. The second-order valence-electron chi connectivity index (χ2n) is 5.04. The summed E-state index contributed by atoms with van der Waals surface area (Å²) >= 11 is 0. The monoisotopic (exact) mass is 313 g/mol. The summed E-state index contributed by atoms with van der Waals surface area (Å²) < 4.78 is 32.4. The lowest BCUT2D eigenvalue weighted by Gasteiger charge is -2.34. The summed E-state index contributed by atoms with van der Waals surface area (Å²) in [4.78, 5) is 11.1. The second kappa shape index (κ2) is 6.13. The summed E-state index contributed by atoms with van der Waals surface area (Å²) in [7, 11) is -3.72. The fraction of sp³-hybridized carbons (Fsp3) is 0.500. The highest BCUT2D eigenvalue weighted by atomic mass is 32.2. The first-order chi connectivity index (χ1) is 9.87.